The number of nitrogen functional groups attached to an aromatic ring is 1. The molecule has 0 saturated heterocycles. The van der Waals surface area contributed by atoms with Crippen LogP contribution in [-0.2, 0) is 0 Å². The van der Waals surface area contributed by atoms with Crippen LogP contribution in [0.1, 0.15) is 6.92 Å². The van der Waals surface area contributed by atoms with Crippen LogP contribution in [0.4, 0.5) is 5.69 Å². The summed E-state index contributed by atoms with van der Waals surface area (Å²) in [6.07, 6.45) is -0.532. The molecular formula is C9H12ClNO2. The molecule has 0 aromatic heterocycles. The number of benzene rings is 1. The first-order valence-corrected chi connectivity index (χ1v) is 4.34. The van der Waals surface area contributed by atoms with E-state index in [1.807, 2.05) is 0 Å². The number of rotatable bonds is 3. The largest absolute Gasteiger partial charge is 0.487 e. The van der Waals surface area contributed by atoms with Gasteiger partial charge >= 0.3 is 0 Å². The molecule has 3 nitrogen and oxygen atoms in total. The van der Waals surface area contributed by atoms with Gasteiger partial charge in [-0.3, -0.25) is 0 Å². The average Bonchev–Trinajstić information content (AvgIpc) is 2.03. The molecule has 0 bridgehead atoms. The Balaban J connectivity index is 2.75. The highest BCUT2D eigenvalue weighted by atomic mass is 35.5. The number of aliphatic hydroxyl groups is 1. The van der Waals surface area contributed by atoms with Crippen LogP contribution in [0.3, 0.4) is 0 Å². The molecule has 0 aliphatic carbocycles. The minimum absolute atomic E-state index is 0.188. The molecule has 0 fully saturated rings. The zero-order chi connectivity index (χ0) is 9.84. The molecule has 4 heteroatoms. The lowest BCUT2D eigenvalue weighted by atomic mass is 10.3. The van der Waals surface area contributed by atoms with Gasteiger partial charge in [-0.15, -0.1) is 0 Å². The number of aliphatic hydroxyl groups excluding tert-OH is 1. The molecule has 72 valence electrons. The Labute approximate surface area is 82.1 Å². The predicted molar refractivity (Wildman–Crippen MR) is 53.0 cm³/mol. The SMILES string of the molecule is CC(O)COc1c(N)cccc1Cl. The number of hydrogen-bond acceptors (Lipinski definition) is 3. The molecule has 0 spiro atoms. The molecule has 13 heavy (non-hydrogen) atoms. The molecule has 0 amide bonds. The summed E-state index contributed by atoms with van der Waals surface area (Å²) in [7, 11) is 0. The monoisotopic (exact) mass is 201 g/mol. The molecule has 0 aliphatic rings. The number of para-hydroxylation sites is 1. The van der Waals surface area contributed by atoms with E-state index in [0.29, 0.717) is 16.5 Å². The number of nitrogens with two attached hydrogens (primary N) is 1. The Morgan fingerprint density at radius 2 is 2.31 bits per heavy atom. The van der Waals surface area contributed by atoms with Gasteiger partial charge in [0.05, 0.1) is 16.8 Å². The van der Waals surface area contributed by atoms with Crippen molar-refractivity contribution >= 4 is 17.3 Å². The van der Waals surface area contributed by atoms with Crippen LogP contribution in [-0.4, -0.2) is 17.8 Å². The van der Waals surface area contributed by atoms with Gasteiger partial charge in [-0.1, -0.05) is 17.7 Å². The summed E-state index contributed by atoms with van der Waals surface area (Å²) in [5.74, 6) is 0.435. The second-order valence-corrected chi connectivity index (χ2v) is 3.23. The zero-order valence-electron chi connectivity index (χ0n) is 7.33. The number of hydrogen-bond donors (Lipinski definition) is 2. The summed E-state index contributed by atoms with van der Waals surface area (Å²) in [5.41, 5.74) is 6.10. The van der Waals surface area contributed by atoms with Gasteiger partial charge in [0.25, 0.3) is 0 Å². The summed E-state index contributed by atoms with van der Waals surface area (Å²) < 4.78 is 5.22. The molecule has 1 aromatic rings. The minimum atomic E-state index is -0.532. The number of anilines is 1. The van der Waals surface area contributed by atoms with Crippen LogP contribution in [0.5, 0.6) is 5.75 Å². The van der Waals surface area contributed by atoms with Gasteiger partial charge in [-0.2, -0.15) is 0 Å². The molecule has 1 rings (SSSR count). The predicted octanol–water partition coefficient (Wildman–Crippen LogP) is 1.68. The summed E-state index contributed by atoms with van der Waals surface area (Å²) in [6, 6.07) is 5.13. The second-order valence-electron chi connectivity index (χ2n) is 2.82. The lowest BCUT2D eigenvalue weighted by Crippen LogP contribution is -2.13. The Kier molecular flexibility index (Phi) is 3.39. The summed E-state index contributed by atoms with van der Waals surface area (Å²) in [5, 5.41) is 9.45. The van der Waals surface area contributed by atoms with Crippen molar-refractivity contribution in [2.45, 2.75) is 13.0 Å². The average molecular weight is 202 g/mol. The Hall–Kier alpha value is -0.930. The van der Waals surface area contributed by atoms with Crippen molar-refractivity contribution in [3.05, 3.63) is 23.2 Å². The molecule has 3 N–H and O–H groups in total. The van der Waals surface area contributed by atoms with Crippen molar-refractivity contribution in [3.8, 4) is 5.75 Å². The third-order valence-corrected chi connectivity index (χ3v) is 1.76. The van der Waals surface area contributed by atoms with Gasteiger partial charge in [0, 0.05) is 0 Å². The van der Waals surface area contributed by atoms with Crippen molar-refractivity contribution in [2.24, 2.45) is 0 Å². The Morgan fingerprint density at radius 3 is 2.85 bits per heavy atom. The fourth-order valence-electron chi connectivity index (χ4n) is 0.882. The quantitative estimate of drug-likeness (QED) is 0.732. The fraction of sp³-hybridized carbons (Fsp3) is 0.333. The number of ether oxygens (including phenoxy) is 1. The van der Waals surface area contributed by atoms with Crippen LogP contribution >= 0.6 is 11.6 Å². The first-order chi connectivity index (χ1) is 6.11. The Morgan fingerprint density at radius 1 is 1.62 bits per heavy atom. The summed E-state index contributed by atoms with van der Waals surface area (Å²) >= 11 is 5.83. The summed E-state index contributed by atoms with van der Waals surface area (Å²) in [4.78, 5) is 0. The third-order valence-electron chi connectivity index (χ3n) is 1.47. The van der Waals surface area contributed by atoms with E-state index in [1.54, 1.807) is 25.1 Å². The normalized spacial score (nSPS) is 12.5. The zero-order valence-corrected chi connectivity index (χ0v) is 8.08. The van der Waals surface area contributed by atoms with Crippen molar-refractivity contribution < 1.29 is 9.84 Å². The number of halogens is 1. The maximum atomic E-state index is 8.99. The van der Waals surface area contributed by atoms with E-state index in [0.717, 1.165) is 0 Å². The molecule has 0 heterocycles. The van der Waals surface area contributed by atoms with Gasteiger partial charge in [0.1, 0.15) is 6.61 Å². The van der Waals surface area contributed by atoms with Gasteiger partial charge in [0.2, 0.25) is 0 Å². The molecule has 1 atom stereocenters. The van der Waals surface area contributed by atoms with Crippen LogP contribution in [0.2, 0.25) is 5.02 Å². The van der Waals surface area contributed by atoms with E-state index in [2.05, 4.69) is 0 Å². The van der Waals surface area contributed by atoms with Gasteiger partial charge in [0.15, 0.2) is 5.75 Å². The minimum Gasteiger partial charge on any atom is -0.487 e. The van der Waals surface area contributed by atoms with E-state index < -0.39 is 6.10 Å². The van der Waals surface area contributed by atoms with Crippen molar-refractivity contribution in [2.75, 3.05) is 12.3 Å². The molecule has 1 unspecified atom stereocenters. The molecule has 0 aliphatic heterocycles. The van der Waals surface area contributed by atoms with E-state index in [1.165, 1.54) is 0 Å². The highest BCUT2D eigenvalue weighted by Gasteiger charge is 2.06. The van der Waals surface area contributed by atoms with E-state index in [-0.39, 0.29) is 6.61 Å². The smallest absolute Gasteiger partial charge is 0.160 e. The van der Waals surface area contributed by atoms with Crippen LogP contribution in [0.25, 0.3) is 0 Å². The van der Waals surface area contributed by atoms with Gasteiger partial charge < -0.3 is 15.6 Å². The van der Waals surface area contributed by atoms with Crippen LogP contribution in [0.15, 0.2) is 18.2 Å². The third kappa shape index (κ3) is 2.79. The molecule has 0 saturated carbocycles. The van der Waals surface area contributed by atoms with Crippen LogP contribution < -0.4 is 10.5 Å². The highest BCUT2D eigenvalue weighted by molar-refractivity contribution is 6.32. The topological polar surface area (TPSA) is 55.5 Å². The molecule has 0 radical (unpaired) electrons. The fourth-order valence-corrected chi connectivity index (χ4v) is 1.12. The maximum absolute atomic E-state index is 8.99. The van der Waals surface area contributed by atoms with E-state index >= 15 is 0 Å². The maximum Gasteiger partial charge on any atom is 0.160 e. The van der Waals surface area contributed by atoms with Gasteiger partial charge in [-0.25, -0.2) is 0 Å². The van der Waals surface area contributed by atoms with Crippen molar-refractivity contribution in [3.63, 3.8) is 0 Å². The highest BCUT2D eigenvalue weighted by Crippen LogP contribution is 2.30. The van der Waals surface area contributed by atoms with E-state index in [9.17, 15) is 0 Å². The molecular weight excluding hydrogens is 190 g/mol. The summed E-state index contributed by atoms with van der Waals surface area (Å²) in [6.45, 7) is 1.82. The first kappa shape index (κ1) is 10.2. The van der Waals surface area contributed by atoms with Crippen LogP contribution in [0, 0.1) is 0 Å². The van der Waals surface area contributed by atoms with E-state index in [4.69, 9.17) is 27.2 Å². The lowest BCUT2D eigenvalue weighted by molar-refractivity contribution is 0.123. The lowest BCUT2D eigenvalue weighted by Gasteiger charge is -2.11. The standard InChI is InChI=1S/C9H12ClNO2/c1-6(12)5-13-9-7(10)3-2-4-8(9)11/h2-4,6,12H,5,11H2,1H3. The van der Waals surface area contributed by atoms with Crippen molar-refractivity contribution in [1.82, 2.24) is 0 Å². The first-order valence-electron chi connectivity index (χ1n) is 3.96. The second kappa shape index (κ2) is 4.35. The van der Waals surface area contributed by atoms with Gasteiger partial charge in [-0.05, 0) is 19.1 Å². The van der Waals surface area contributed by atoms with Crippen molar-refractivity contribution in [1.29, 1.82) is 0 Å². The molecule has 1 aromatic carbocycles. The Bertz CT molecular complexity index is 269.